The molecule has 18 heavy (non-hydrogen) atoms. The third kappa shape index (κ3) is 2.17. The Morgan fingerprint density at radius 3 is 2.78 bits per heavy atom. The first-order valence-corrected chi connectivity index (χ1v) is 6.50. The molecule has 0 aliphatic rings. The van der Waals surface area contributed by atoms with E-state index in [0.29, 0.717) is 0 Å². The van der Waals surface area contributed by atoms with E-state index in [0.717, 1.165) is 27.4 Å². The maximum Gasteiger partial charge on any atom is 0.135 e. The molecule has 0 spiro atoms. The molecule has 0 atom stereocenters. The third-order valence-corrected chi connectivity index (χ3v) is 3.79. The van der Waals surface area contributed by atoms with E-state index in [-0.39, 0.29) is 0 Å². The van der Waals surface area contributed by atoms with Gasteiger partial charge < -0.3 is 5.73 Å². The largest absolute Gasteiger partial charge is 0.398 e. The van der Waals surface area contributed by atoms with Crippen molar-refractivity contribution in [1.29, 1.82) is 0 Å². The summed E-state index contributed by atoms with van der Waals surface area (Å²) in [5.41, 5.74) is 9.45. The van der Waals surface area contributed by atoms with Crippen molar-refractivity contribution in [3.8, 4) is 0 Å². The molecule has 3 rings (SSSR count). The molecule has 0 bridgehead atoms. The highest BCUT2D eigenvalue weighted by Crippen LogP contribution is 2.28. The molecule has 5 heteroatoms. The second kappa shape index (κ2) is 4.70. The standard InChI is InChI=1S/C13H11N3OS/c14-10-3-1-2-4-13(10)18-8-9-5-6-11-12(7-9)16-17-15-11/h1-7H,8,14H2. The van der Waals surface area contributed by atoms with Crippen LogP contribution >= 0.6 is 11.8 Å². The highest BCUT2D eigenvalue weighted by Gasteiger charge is 2.03. The van der Waals surface area contributed by atoms with Gasteiger partial charge in [0.2, 0.25) is 0 Å². The Hall–Kier alpha value is -2.01. The number of hydrogen-bond donors (Lipinski definition) is 1. The van der Waals surface area contributed by atoms with Gasteiger partial charge >= 0.3 is 0 Å². The molecular formula is C13H11N3OS. The van der Waals surface area contributed by atoms with Gasteiger partial charge in [-0.1, -0.05) is 18.2 Å². The van der Waals surface area contributed by atoms with Crippen LogP contribution in [0.4, 0.5) is 5.69 Å². The van der Waals surface area contributed by atoms with Crippen molar-refractivity contribution in [2.75, 3.05) is 5.73 Å². The van der Waals surface area contributed by atoms with E-state index in [1.165, 1.54) is 5.56 Å². The summed E-state index contributed by atoms with van der Waals surface area (Å²) in [5, 5.41) is 7.61. The van der Waals surface area contributed by atoms with Gasteiger partial charge in [0.1, 0.15) is 11.0 Å². The summed E-state index contributed by atoms with van der Waals surface area (Å²) in [6.45, 7) is 0. The van der Waals surface area contributed by atoms with Crippen LogP contribution in [-0.2, 0) is 5.75 Å². The summed E-state index contributed by atoms with van der Waals surface area (Å²) in [6, 6.07) is 13.8. The van der Waals surface area contributed by atoms with Gasteiger partial charge in [0, 0.05) is 16.3 Å². The first-order valence-electron chi connectivity index (χ1n) is 5.51. The number of nitrogens with two attached hydrogens (primary N) is 1. The second-order valence-electron chi connectivity index (χ2n) is 3.91. The number of thioether (sulfide) groups is 1. The van der Waals surface area contributed by atoms with Crippen LogP contribution in [0.15, 0.2) is 52.0 Å². The Morgan fingerprint density at radius 1 is 1.06 bits per heavy atom. The summed E-state index contributed by atoms with van der Waals surface area (Å²) in [6.07, 6.45) is 0. The van der Waals surface area contributed by atoms with Crippen LogP contribution in [-0.4, -0.2) is 10.3 Å². The summed E-state index contributed by atoms with van der Waals surface area (Å²) < 4.78 is 4.68. The zero-order valence-electron chi connectivity index (χ0n) is 9.54. The molecular weight excluding hydrogens is 246 g/mol. The molecule has 2 aromatic carbocycles. The average Bonchev–Trinajstić information content (AvgIpc) is 2.85. The molecule has 0 radical (unpaired) electrons. The van der Waals surface area contributed by atoms with Crippen LogP contribution in [0.2, 0.25) is 0 Å². The van der Waals surface area contributed by atoms with Crippen molar-refractivity contribution >= 4 is 28.5 Å². The number of hydrogen-bond acceptors (Lipinski definition) is 5. The van der Waals surface area contributed by atoms with Gasteiger partial charge in [0.25, 0.3) is 0 Å². The SMILES string of the molecule is Nc1ccccc1SCc1ccc2nonc2c1. The molecule has 3 aromatic rings. The highest BCUT2D eigenvalue weighted by atomic mass is 32.2. The fraction of sp³-hybridized carbons (Fsp3) is 0.0769. The van der Waals surface area contributed by atoms with Crippen molar-refractivity contribution in [3.63, 3.8) is 0 Å². The van der Waals surface area contributed by atoms with Crippen molar-refractivity contribution in [3.05, 3.63) is 48.0 Å². The minimum absolute atomic E-state index is 0.781. The molecule has 0 aliphatic heterocycles. The van der Waals surface area contributed by atoms with Crippen molar-refractivity contribution < 1.29 is 4.63 Å². The lowest BCUT2D eigenvalue weighted by Crippen LogP contribution is -1.88. The normalized spacial score (nSPS) is 10.9. The Labute approximate surface area is 108 Å². The zero-order valence-corrected chi connectivity index (χ0v) is 10.4. The number of anilines is 1. The number of para-hydroxylation sites is 1. The molecule has 0 saturated heterocycles. The minimum atomic E-state index is 0.781. The average molecular weight is 257 g/mol. The second-order valence-corrected chi connectivity index (χ2v) is 4.93. The van der Waals surface area contributed by atoms with Crippen LogP contribution < -0.4 is 5.73 Å². The Kier molecular flexibility index (Phi) is 2.90. The Balaban J connectivity index is 1.78. The lowest BCUT2D eigenvalue weighted by Gasteiger charge is -2.04. The van der Waals surface area contributed by atoms with Crippen LogP contribution in [0.3, 0.4) is 0 Å². The van der Waals surface area contributed by atoms with E-state index in [2.05, 4.69) is 14.9 Å². The molecule has 0 fully saturated rings. The fourth-order valence-electron chi connectivity index (χ4n) is 1.69. The molecule has 0 aliphatic carbocycles. The number of benzene rings is 2. The minimum Gasteiger partial charge on any atom is -0.398 e. The summed E-state index contributed by atoms with van der Waals surface area (Å²) >= 11 is 1.71. The number of fused-ring (bicyclic) bond motifs is 1. The number of aromatic nitrogens is 2. The fourth-order valence-corrected chi connectivity index (χ4v) is 2.60. The molecule has 1 aromatic heterocycles. The van der Waals surface area contributed by atoms with Crippen LogP contribution in [0.5, 0.6) is 0 Å². The number of nitrogen functional groups attached to an aromatic ring is 1. The van der Waals surface area contributed by atoms with Gasteiger partial charge in [-0.3, -0.25) is 0 Å². The Morgan fingerprint density at radius 2 is 1.89 bits per heavy atom. The van der Waals surface area contributed by atoms with Gasteiger partial charge in [0.15, 0.2) is 0 Å². The molecule has 1 heterocycles. The Bertz CT molecular complexity index is 681. The zero-order chi connectivity index (χ0) is 12.4. The van der Waals surface area contributed by atoms with E-state index in [1.54, 1.807) is 11.8 Å². The van der Waals surface area contributed by atoms with Crippen molar-refractivity contribution in [2.24, 2.45) is 0 Å². The van der Waals surface area contributed by atoms with Gasteiger partial charge in [0.05, 0.1) is 0 Å². The van der Waals surface area contributed by atoms with Gasteiger partial charge in [-0.15, -0.1) is 11.8 Å². The summed E-state index contributed by atoms with van der Waals surface area (Å²) in [7, 11) is 0. The van der Waals surface area contributed by atoms with E-state index < -0.39 is 0 Å². The van der Waals surface area contributed by atoms with Crippen molar-refractivity contribution in [2.45, 2.75) is 10.6 Å². The van der Waals surface area contributed by atoms with E-state index in [1.807, 2.05) is 42.5 Å². The highest BCUT2D eigenvalue weighted by molar-refractivity contribution is 7.98. The quantitative estimate of drug-likeness (QED) is 0.577. The molecule has 90 valence electrons. The van der Waals surface area contributed by atoms with Gasteiger partial charge in [-0.25, -0.2) is 4.63 Å². The van der Waals surface area contributed by atoms with Gasteiger partial charge in [-0.05, 0) is 40.1 Å². The van der Waals surface area contributed by atoms with Crippen LogP contribution in [0.1, 0.15) is 5.56 Å². The van der Waals surface area contributed by atoms with E-state index >= 15 is 0 Å². The van der Waals surface area contributed by atoms with Gasteiger partial charge in [-0.2, -0.15) is 0 Å². The lowest BCUT2D eigenvalue weighted by molar-refractivity contribution is 0.315. The van der Waals surface area contributed by atoms with Crippen LogP contribution in [0.25, 0.3) is 11.0 Å². The van der Waals surface area contributed by atoms with E-state index in [4.69, 9.17) is 5.73 Å². The lowest BCUT2D eigenvalue weighted by atomic mass is 10.2. The first kappa shape index (κ1) is 11.1. The topological polar surface area (TPSA) is 64.9 Å². The maximum absolute atomic E-state index is 5.90. The molecule has 0 unspecified atom stereocenters. The third-order valence-electron chi connectivity index (χ3n) is 2.63. The molecule has 0 saturated carbocycles. The monoisotopic (exact) mass is 257 g/mol. The molecule has 4 nitrogen and oxygen atoms in total. The molecule has 0 amide bonds. The van der Waals surface area contributed by atoms with E-state index in [9.17, 15) is 0 Å². The number of rotatable bonds is 3. The predicted octanol–water partition coefficient (Wildman–Crippen LogP) is 3.10. The van der Waals surface area contributed by atoms with Crippen molar-refractivity contribution in [1.82, 2.24) is 10.3 Å². The van der Waals surface area contributed by atoms with Crippen LogP contribution in [0, 0.1) is 0 Å². The number of nitrogens with zero attached hydrogens (tertiary/aromatic N) is 2. The summed E-state index contributed by atoms with van der Waals surface area (Å²) in [4.78, 5) is 1.09. The predicted molar refractivity (Wildman–Crippen MR) is 72.2 cm³/mol. The maximum atomic E-state index is 5.90. The first-order chi connectivity index (χ1) is 8.83. The molecule has 2 N–H and O–H groups in total. The smallest absolute Gasteiger partial charge is 0.135 e. The summed E-state index contributed by atoms with van der Waals surface area (Å²) in [5.74, 6) is 0.844.